The highest BCUT2D eigenvalue weighted by Crippen LogP contribution is 2.42. The molecule has 1 saturated heterocycles. The number of benzene rings is 3. The molecule has 0 aliphatic carbocycles. The predicted molar refractivity (Wildman–Crippen MR) is 118 cm³/mol. The number of aryl methyl sites for hydroxylation is 2. The summed E-state index contributed by atoms with van der Waals surface area (Å²) in [5.41, 5.74) is 3.60. The third kappa shape index (κ3) is 3.75. The van der Waals surface area contributed by atoms with E-state index in [9.17, 15) is 19.1 Å². The summed E-state index contributed by atoms with van der Waals surface area (Å²) in [5.74, 6) is -2.17. The molecule has 1 aliphatic rings. The van der Waals surface area contributed by atoms with Gasteiger partial charge in [0.25, 0.3) is 11.7 Å². The van der Waals surface area contributed by atoms with Crippen molar-refractivity contribution in [2.45, 2.75) is 26.3 Å². The van der Waals surface area contributed by atoms with Crippen molar-refractivity contribution >= 4 is 23.1 Å². The molecule has 1 aliphatic heterocycles. The van der Waals surface area contributed by atoms with Gasteiger partial charge in [-0.05, 0) is 48.7 Å². The smallest absolute Gasteiger partial charge is 0.300 e. The monoisotopic (exact) mass is 415 g/mol. The molecule has 1 N–H and O–H groups in total. The van der Waals surface area contributed by atoms with Crippen molar-refractivity contribution in [2.75, 3.05) is 4.90 Å². The van der Waals surface area contributed by atoms with E-state index in [4.69, 9.17) is 0 Å². The first-order chi connectivity index (χ1) is 14.9. The van der Waals surface area contributed by atoms with E-state index in [1.54, 1.807) is 24.3 Å². The maximum atomic E-state index is 13.6. The molecule has 0 saturated carbocycles. The number of ketones is 1. The molecule has 3 aromatic rings. The number of halogens is 1. The van der Waals surface area contributed by atoms with Crippen molar-refractivity contribution in [3.05, 3.63) is 106 Å². The van der Waals surface area contributed by atoms with Gasteiger partial charge >= 0.3 is 0 Å². The van der Waals surface area contributed by atoms with Crippen LogP contribution in [0.5, 0.6) is 0 Å². The van der Waals surface area contributed by atoms with Crippen molar-refractivity contribution in [2.24, 2.45) is 0 Å². The molecule has 31 heavy (non-hydrogen) atoms. The standard InChI is InChI=1S/C26H22FNO3/c1-3-17-6-14-21(15-7-17)28-23(18-10-12-20(27)13-11-18)22(25(30)26(28)31)24(29)19-8-4-16(2)5-9-19/h4-15,23,29H,3H2,1-2H3/b24-22+. The Labute approximate surface area is 180 Å². The first-order valence-corrected chi connectivity index (χ1v) is 10.1. The van der Waals surface area contributed by atoms with E-state index in [1.807, 2.05) is 38.1 Å². The molecule has 3 aromatic carbocycles. The number of aliphatic hydroxyl groups is 1. The summed E-state index contributed by atoms with van der Waals surface area (Å²) in [6, 6.07) is 19.2. The van der Waals surface area contributed by atoms with Crippen molar-refractivity contribution in [3.63, 3.8) is 0 Å². The van der Waals surface area contributed by atoms with Gasteiger partial charge < -0.3 is 5.11 Å². The number of anilines is 1. The van der Waals surface area contributed by atoms with E-state index in [0.29, 0.717) is 16.8 Å². The maximum absolute atomic E-state index is 13.6. The van der Waals surface area contributed by atoms with Gasteiger partial charge in [0.1, 0.15) is 11.6 Å². The van der Waals surface area contributed by atoms with Crippen molar-refractivity contribution < 1.29 is 19.1 Å². The van der Waals surface area contributed by atoms with Crippen LogP contribution in [-0.4, -0.2) is 16.8 Å². The number of carbonyl (C=O) groups is 2. The Hall–Kier alpha value is -3.73. The van der Waals surface area contributed by atoms with Gasteiger partial charge in [0.05, 0.1) is 11.6 Å². The Kier molecular flexibility index (Phi) is 5.42. The number of carbonyl (C=O) groups excluding carboxylic acids is 2. The summed E-state index contributed by atoms with van der Waals surface area (Å²) < 4.78 is 13.6. The lowest BCUT2D eigenvalue weighted by atomic mass is 9.95. The molecule has 1 fully saturated rings. The highest BCUT2D eigenvalue weighted by Gasteiger charge is 2.46. The zero-order valence-corrected chi connectivity index (χ0v) is 17.3. The van der Waals surface area contributed by atoms with E-state index < -0.39 is 23.5 Å². The molecule has 0 aromatic heterocycles. The van der Waals surface area contributed by atoms with Crippen molar-refractivity contribution in [1.29, 1.82) is 0 Å². The largest absolute Gasteiger partial charge is 0.507 e. The molecular weight excluding hydrogens is 393 g/mol. The number of hydrogen-bond acceptors (Lipinski definition) is 3. The van der Waals surface area contributed by atoms with Gasteiger partial charge in [-0.25, -0.2) is 4.39 Å². The molecule has 0 bridgehead atoms. The highest BCUT2D eigenvalue weighted by molar-refractivity contribution is 6.51. The van der Waals surface area contributed by atoms with Gasteiger partial charge in [-0.1, -0.05) is 61.0 Å². The normalized spacial score (nSPS) is 17.9. The van der Waals surface area contributed by atoms with E-state index in [1.165, 1.54) is 29.2 Å². The molecule has 0 spiro atoms. The lowest BCUT2D eigenvalue weighted by Crippen LogP contribution is -2.29. The van der Waals surface area contributed by atoms with Crippen molar-refractivity contribution in [3.8, 4) is 0 Å². The fraction of sp³-hybridized carbons (Fsp3) is 0.154. The second-order valence-corrected chi connectivity index (χ2v) is 7.61. The number of Topliss-reactive ketones (excluding diaryl/α,β-unsaturated/α-hetero) is 1. The Morgan fingerprint density at radius 1 is 0.935 bits per heavy atom. The fourth-order valence-corrected chi connectivity index (χ4v) is 3.82. The van der Waals surface area contributed by atoms with Crippen LogP contribution in [0.25, 0.3) is 5.76 Å². The number of rotatable bonds is 4. The fourth-order valence-electron chi connectivity index (χ4n) is 3.82. The van der Waals surface area contributed by atoms with Crippen LogP contribution in [0.2, 0.25) is 0 Å². The van der Waals surface area contributed by atoms with Crippen LogP contribution in [0, 0.1) is 12.7 Å². The van der Waals surface area contributed by atoms with Crippen LogP contribution in [0.3, 0.4) is 0 Å². The molecule has 1 unspecified atom stereocenters. The van der Waals surface area contributed by atoms with E-state index >= 15 is 0 Å². The topological polar surface area (TPSA) is 57.6 Å². The third-order valence-corrected chi connectivity index (χ3v) is 5.58. The van der Waals surface area contributed by atoms with Crippen LogP contribution in [-0.2, 0) is 16.0 Å². The number of hydrogen-bond donors (Lipinski definition) is 1. The van der Waals surface area contributed by atoms with Crippen molar-refractivity contribution in [1.82, 2.24) is 0 Å². The molecule has 1 atom stereocenters. The lowest BCUT2D eigenvalue weighted by molar-refractivity contribution is -0.132. The first-order valence-electron chi connectivity index (χ1n) is 10.1. The summed E-state index contributed by atoms with van der Waals surface area (Å²) in [6.07, 6.45) is 0.841. The molecule has 0 radical (unpaired) electrons. The summed E-state index contributed by atoms with van der Waals surface area (Å²) in [6.45, 7) is 3.95. The van der Waals surface area contributed by atoms with Crippen LogP contribution in [0.15, 0.2) is 78.4 Å². The summed E-state index contributed by atoms with van der Waals surface area (Å²) in [5, 5.41) is 11.0. The Morgan fingerprint density at radius 2 is 1.55 bits per heavy atom. The molecule has 4 nitrogen and oxygen atoms in total. The van der Waals surface area contributed by atoms with Gasteiger partial charge in [0, 0.05) is 11.3 Å². The average molecular weight is 415 g/mol. The minimum Gasteiger partial charge on any atom is -0.507 e. The van der Waals surface area contributed by atoms with Gasteiger partial charge in [-0.3, -0.25) is 14.5 Å². The van der Waals surface area contributed by atoms with Gasteiger partial charge in [0.2, 0.25) is 0 Å². The Balaban J connectivity index is 1.91. The van der Waals surface area contributed by atoms with Gasteiger partial charge in [-0.2, -0.15) is 0 Å². The second-order valence-electron chi connectivity index (χ2n) is 7.61. The summed E-state index contributed by atoms with van der Waals surface area (Å²) in [7, 11) is 0. The first kappa shape index (κ1) is 20.5. The van der Waals surface area contributed by atoms with Gasteiger partial charge in [-0.15, -0.1) is 0 Å². The number of aliphatic hydroxyl groups excluding tert-OH is 1. The zero-order chi connectivity index (χ0) is 22.1. The molecule has 5 heteroatoms. The lowest BCUT2D eigenvalue weighted by Gasteiger charge is -2.25. The van der Waals surface area contributed by atoms with Crippen LogP contribution in [0.4, 0.5) is 10.1 Å². The summed E-state index contributed by atoms with van der Waals surface area (Å²) in [4.78, 5) is 27.5. The van der Waals surface area contributed by atoms with Crippen LogP contribution < -0.4 is 4.90 Å². The zero-order valence-electron chi connectivity index (χ0n) is 17.3. The average Bonchev–Trinajstić information content (AvgIpc) is 3.05. The maximum Gasteiger partial charge on any atom is 0.300 e. The molecule has 156 valence electrons. The third-order valence-electron chi connectivity index (χ3n) is 5.58. The Bertz CT molecular complexity index is 1160. The van der Waals surface area contributed by atoms with E-state index in [2.05, 4.69) is 0 Å². The predicted octanol–water partition coefficient (Wildman–Crippen LogP) is 5.32. The SMILES string of the molecule is CCc1ccc(N2C(=O)C(=O)/C(=C(/O)c3ccc(C)cc3)C2c2ccc(F)cc2)cc1. The minimum absolute atomic E-state index is 0.0139. The highest BCUT2D eigenvalue weighted by atomic mass is 19.1. The molecular formula is C26H22FNO3. The van der Waals surface area contributed by atoms with E-state index in [-0.39, 0.29) is 11.3 Å². The quantitative estimate of drug-likeness (QED) is 0.356. The van der Waals surface area contributed by atoms with Crippen LogP contribution >= 0.6 is 0 Å². The molecule has 4 rings (SSSR count). The number of amides is 1. The Morgan fingerprint density at radius 3 is 2.13 bits per heavy atom. The van der Waals surface area contributed by atoms with Crippen LogP contribution in [0.1, 0.15) is 35.2 Å². The minimum atomic E-state index is -0.866. The van der Waals surface area contributed by atoms with E-state index in [0.717, 1.165) is 17.5 Å². The number of nitrogens with zero attached hydrogens (tertiary/aromatic N) is 1. The van der Waals surface area contributed by atoms with Gasteiger partial charge in [0.15, 0.2) is 0 Å². The molecule has 1 amide bonds. The summed E-state index contributed by atoms with van der Waals surface area (Å²) >= 11 is 0. The second kappa shape index (κ2) is 8.19. The molecule has 1 heterocycles.